The molecule has 2 atom stereocenters. The normalized spacial score (nSPS) is 24.2. The lowest BCUT2D eigenvalue weighted by molar-refractivity contribution is -0.150. The van der Waals surface area contributed by atoms with E-state index in [9.17, 15) is 4.79 Å². The summed E-state index contributed by atoms with van der Waals surface area (Å²) in [7, 11) is 0. The first-order chi connectivity index (χ1) is 8.13. The van der Waals surface area contributed by atoms with Crippen molar-refractivity contribution in [3.63, 3.8) is 0 Å². The predicted octanol–water partition coefficient (Wildman–Crippen LogP) is 0.977. The lowest BCUT2D eigenvalue weighted by Crippen LogP contribution is -2.35. The molecular weight excluding hydrogens is 222 g/mol. The van der Waals surface area contributed by atoms with Gasteiger partial charge in [-0.1, -0.05) is 0 Å². The summed E-state index contributed by atoms with van der Waals surface area (Å²) in [5.41, 5.74) is 0. The molecule has 1 heterocycles. The van der Waals surface area contributed by atoms with Crippen LogP contribution in [0.25, 0.3) is 0 Å². The Labute approximate surface area is 103 Å². The second-order valence-corrected chi connectivity index (χ2v) is 4.41. The number of carboxylic acid groups (broad SMARTS) is 1. The summed E-state index contributed by atoms with van der Waals surface area (Å²) in [4.78, 5) is 13.2. The smallest absolute Gasteiger partial charge is 0.332 e. The zero-order valence-electron chi connectivity index (χ0n) is 10.7. The molecule has 1 aliphatic heterocycles. The fraction of sp³-hybridized carbons (Fsp3) is 0.917. The predicted molar refractivity (Wildman–Crippen MR) is 64.1 cm³/mol. The van der Waals surface area contributed by atoms with E-state index in [0.29, 0.717) is 13.0 Å². The van der Waals surface area contributed by atoms with Crippen molar-refractivity contribution < 1.29 is 19.4 Å². The van der Waals surface area contributed by atoms with Gasteiger partial charge in [-0.05, 0) is 26.7 Å². The number of carbonyl (C=O) groups is 1. The lowest BCUT2D eigenvalue weighted by Gasteiger charge is -2.23. The van der Waals surface area contributed by atoms with E-state index in [-0.39, 0.29) is 6.10 Å². The van der Waals surface area contributed by atoms with Crippen LogP contribution in [0.5, 0.6) is 0 Å². The molecule has 5 heteroatoms. The first-order valence-electron chi connectivity index (χ1n) is 6.31. The maximum Gasteiger partial charge on any atom is 0.332 e. The lowest BCUT2D eigenvalue weighted by atomic mass is 10.2. The molecule has 1 saturated heterocycles. The Morgan fingerprint density at radius 1 is 1.65 bits per heavy atom. The third kappa shape index (κ3) is 5.48. The molecule has 1 aliphatic rings. The van der Waals surface area contributed by atoms with Gasteiger partial charge in [-0.3, -0.25) is 0 Å². The van der Waals surface area contributed by atoms with E-state index < -0.39 is 12.1 Å². The molecule has 0 amide bonds. The molecule has 0 bridgehead atoms. The quantitative estimate of drug-likeness (QED) is 0.756. The van der Waals surface area contributed by atoms with E-state index in [4.69, 9.17) is 14.6 Å². The highest BCUT2D eigenvalue weighted by molar-refractivity contribution is 5.72. The van der Waals surface area contributed by atoms with Gasteiger partial charge >= 0.3 is 5.97 Å². The number of rotatable bonds is 6. The van der Waals surface area contributed by atoms with E-state index in [0.717, 1.165) is 32.7 Å². The molecule has 0 aromatic carbocycles. The van der Waals surface area contributed by atoms with Crippen molar-refractivity contribution in [3.8, 4) is 0 Å². The van der Waals surface area contributed by atoms with E-state index in [1.54, 1.807) is 0 Å². The highest BCUT2D eigenvalue weighted by atomic mass is 16.5. The molecule has 0 aromatic heterocycles. The van der Waals surface area contributed by atoms with Crippen molar-refractivity contribution in [1.82, 2.24) is 4.90 Å². The van der Waals surface area contributed by atoms with Gasteiger partial charge in [-0.2, -0.15) is 0 Å². The van der Waals surface area contributed by atoms with Crippen LogP contribution in [0, 0.1) is 0 Å². The molecule has 17 heavy (non-hydrogen) atoms. The van der Waals surface area contributed by atoms with E-state index in [1.165, 1.54) is 0 Å². The zero-order valence-corrected chi connectivity index (χ0v) is 10.7. The fourth-order valence-corrected chi connectivity index (χ4v) is 2.06. The Bertz CT molecular complexity index is 235. The molecule has 2 unspecified atom stereocenters. The van der Waals surface area contributed by atoms with Crippen LogP contribution in [-0.4, -0.2) is 61.0 Å². The Hall–Kier alpha value is -0.650. The minimum Gasteiger partial charge on any atom is -0.479 e. The van der Waals surface area contributed by atoms with Crippen LogP contribution in [0.15, 0.2) is 0 Å². The molecule has 1 N–H and O–H groups in total. The van der Waals surface area contributed by atoms with Gasteiger partial charge in [-0.15, -0.1) is 0 Å². The second-order valence-electron chi connectivity index (χ2n) is 4.41. The molecule has 0 aromatic rings. The third-order valence-corrected chi connectivity index (χ3v) is 2.89. The highest BCUT2D eigenvalue weighted by Crippen LogP contribution is 2.08. The molecule has 5 nitrogen and oxygen atoms in total. The van der Waals surface area contributed by atoms with Crippen LogP contribution >= 0.6 is 0 Å². The number of ether oxygens (including phenoxy) is 2. The summed E-state index contributed by atoms with van der Waals surface area (Å²) in [6.07, 6.45) is 1.10. The van der Waals surface area contributed by atoms with Gasteiger partial charge in [0.25, 0.3) is 0 Å². The van der Waals surface area contributed by atoms with Crippen LogP contribution in [0.2, 0.25) is 0 Å². The molecular formula is C12H23NO4. The molecule has 0 aliphatic carbocycles. The van der Waals surface area contributed by atoms with Crippen LogP contribution in [0.1, 0.15) is 26.7 Å². The van der Waals surface area contributed by atoms with E-state index in [2.05, 4.69) is 11.8 Å². The van der Waals surface area contributed by atoms with Gasteiger partial charge in [0.1, 0.15) is 0 Å². The van der Waals surface area contributed by atoms with Crippen molar-refractivity contribution in [1.29, 1.82) is 0 Å². The van der Waals surface area contributed by atoms with Crippen molar-refractivity contribution in [3.05, 3.63) is 0 Å². The molecule has 1 fully saturated rings. The SMILES string of the molecule is CCOC(CCN1CCCOC(C)C1)C(=O)O. The minimum atomic E-state index is -0.869. The Balaban J connectivity index is 2.33. The molecule has 0 saturated carbocycles. The van der Waals surface area contributed by atoms with Gasteiger partial charge < -0.3 is 19.5 Å². The van der Waals surface area contributed by atoms with Gasteiger partial charge in [0.2, 0.25) is 0 Å². The van der Waals surface area contributed by atoms with Gasteiger partial charge in [0, 0.05) is 32.8 Å². The average molecular weight is 245 g/mol. The average Bonchev–Trinajstić information content (AvgIpc) is 2.48. The Kier molecular flexibility index (Phi) is 6.47. The summed E-state index contributed by atoms with van der Waals surface area (Å²) >= 11 is 0. The van der Waals surface area contributed by atoms with Crippen molar-refractivity contribution in [2.45, 2.75) is 38.9 Å². The zero-order chi connectivity index (χ0) is 12.7. The van der Waals surface area contributed by atoms with Gasteiger partial charge in [-0.25, -0.2) is 4.79 Å². The van der Waals surface area contributed by atoms with Crippen LogP contribution in [-0.2, 0) is 14.3 Å². The van der Waals surface area contributed by atoms with Crippen LogP contribution < -0.4 is 0 Å². The number of nitrogens with zero attached hydrogens (tertiary/aromatic N) is 1. The summed E-state index contributed by atoms with van der Waals surface area (Å²) < 4.78 is 10.7. The summed E-state index contributed by atoms with van der Waals surface area (Å²) in [6.45, 7) is 7.71. The third-order valence-electron chi connectivity index (χ3n) is 2.89. The molecule has 1 rings (SSSR count). The largest absolute Gasteiger partial charge is 0.479 e. The van der Waals surface area contributed by atoms with Crippen LogP contribution in [0.3, 0.4) is 0 Å². The topological polar surface area (TPSA) is 59.0 Å². The maximum absolute atomic E-state index is 10.9. The first kappa shape index (κ1) is 14.4. The second kappa shape index (κ2) is 7.63. The highest BCUT2D eigenvalue weighted by Gasteiger charge is 2.20. The number of hydrogen-bond acceptors (Lipinski definition) is 4. The molecule has 0 spiro atoms. The van der Waals surface area contributed by atoms with E-state index >= 15 is 0 Å². The number of hydrogen-bond donors (Lipinski definition) is 1. The summed E-state index contributed by atoms with van der Waals surface area (Å²) in [6, 6.07) is 0. The summed E-state index contributed by atoms with van der Waals surface area (Å²) in [5, 5.41) is 8.97. The molecule has 0 radical (unpaired) electrons. The van der Waals surface area contributed by atoms with Gasteiger partial charge in [0.05, 0.1) is 6.10 Å². The summed E-state index contributed by atoms with van der Waals surface area (Å²) in [5.74, 6) is -0.869. The number of aliphatic carboxylic acids is 1. The van der Waals surface area contributed by atoms with Gasteiger partial charge in [0.15, 0.2) is 6.10 Å². The Morgan fingerprint density at radius 2 is 2.41 bits per heavy atom. The molecule has 100 valence electrons. The fourth-order valence-electron chi connectivity index (χ4n) is 2.06. The Morgan fingerprint density at radius 3 is 3.06 bits per heavy atom. The van der Waals surface area contributed by atoms with Crippen molar-refractivity contribution >= 4 is 5.97 Å². The van der Waals surface area contributed by atoms with Crippen molar-refractivity contribution in [2.75, 3.05) is 32.8 Å². The maximum atomic E-state index is 10.9. The number of carboxylic acids is 1. The van der Waals surface area contributed by atoms with E-state index in [1.807, 2.05) is 6.92 Å². The first-order valence-corrected chi connectivity index (χ1v) is 6.31. The van der Waals surface area contributed by atoms with Crippen molar-refractivity contribution in [2.24, 2.45) is 0 Å². The minimum absolute atomic E-state index is 0.230. The van der Waals surface area contributed by atoms with Crippen LogP contribution in [0.4, 0.5) is 0 Å². The monoisotopic (exact) mass is 245 g/mol. The standard InChI is InChI=1S/C12H23NO4/c1-3-16-11(12(14)15)5-7-13-6-4-8-17-10(2)9-13/h10-11H,3-9H2,1-2H3,(H,14,15).